The fourth-order valence-corrected chi connectivity index (χ4v) is 3.46. The van der Waals surface area contributed by atoms with Crippen LogP contribution in [0.1, 0.15) is 20.7 Å². The summed E-state index contributed by atoms with van der Waals surface area (Å²) in [6.45, 7) is 0. The van der Waals surface area contributed by atoms with Crippen molar-refractivity contribution in [3.63, 3.8) is 0 Å². The van der Waals surface area contributed by atoms with Crippen molar-refractivity contribution < 1.29 is 27.9 Å². The molecule has 0 bridgehead atoms. The summed E-state index contributed by atoms with van der Waals surface area (Å²) in [5, 5.41) is 19.1. The zero-order valence-electron chi connectivity index (χ0n) is 15.6. The number of nitrogens with one attached hydrogen (secondary N) is 2. The number of anilines is 2. The van der Waals surface area contributed by atoms with Gasteiger partial charge in [0.05, 0.1) is 23.1 Å². The van der Waals surface area contributed by atoms with Gasteiger partial charge < -0.3 is 15.2 Å². The molecule has 0 fully saturated rings. The number of carbonyl (C=O) groups excluding carboxylic acids is 1. The molecule has 3 aromatic rings. The van der Waals surface area contributed by atoms with E-state index in [0.717, 1.165) is 0 Å². The number of hydrogen-bond donors (Lipinski definition) is 3. The van der Waals surface area contributed by atoms with Crippen molar-refractivity contribution in [2.45, 2.75) is 4.90 Å². The van der Waals surface area contributed by atoms with E-state index in [9.17, 15) is 23.1 Å². The number of aromatic carboxylic acids is 1. The lowest BCUT2D eigenvalue weighted by Gasteiger charge is -2.10. The number of hydrogen-bond acceptors (Lipinski definition) is 7. The molecule has 30 heavy (non-hydrogen) atoms. The van der Waals surface area contributed by atoms with Crippen LogP contribution in [0.2, 0.25) is 0 Å². The van der Waals surface area contributed by atoms with Gasteiger partial charge in [-0.2, -0.15) is 0 Å². The lowest BCUT2D eigenvalue weighted by Crippen LogP contribution is -2.17. The van der Waals surface area contributed by atoms with Gasteiger partial charge >= 0.3 is 5.97 Å². The molecule has 0 atom stereocenters. The quantitative estimate of drug-likeness (QED) is 0.519. The Bertz CT molecular complexity index is 1180. The highest BCUT2D eigenvalue weighted by atomic mass is 32.2. The number of carboxylic acids is 1. The number of amides is 1. The van der Waals surface area contributed by atoms with E-state index in [2.05, 4.69) is 20.2 Å². The summed E-state index contributed by atoms with van der Waals surface area (Å²) in [6.07, 6.45) is 0. The third-order valence-electron chi connectivity index (χ3n) is 3.91. The zero-order valence-corrected chi connectivity index (χ0v) is 16.4. The minimum atomic E-state index is -3.93. The number of nitrogens with zero attached hydrogens (tertiary/aromatic N) is 2. The van der Waals surface area contributed by atoms with Crippen molar-refractivity contribution in [3.05, 3.63) is 71.8 Å². The van der Waals surface area contributed by atoms with Crippen LogP contribution >= 0.6 is 0 Å². The number of aromatic nitrogens is 2. The summed E-state index contributed by atoms with van der Waals surface area (Å²) >= 11 is 0. The first-order valence-corrected chi connectivity index (χ1v) is 9.93. The number of carbonyl (C=O) groups is 2. The maximum absolute atomic E-state index is 12.5. The molecule has 0 unspecified atom stereocenters. The van der Waals surface area contributed by atoms with Gasteiger partial charge in [0.25, 0.3) is 15.9 Å². The standard InChI is InChI=1S/C19H16N4O6S/c1-29-17-11-10-16(21-22-17)23-30(27,28)13-8-6-12(7-9-13)20-18(24)14-4-2-3-5-15(14)19(25)26/h2-11H,1H3,(H,20,24)(H,21,23)(H,25,26). The normalized spacial score (nSPS) is 10.8. The number of ether oxygens (including phenoxy) is 1. The topological polar surface area (TPSA) is 148 Å². The van der Waals surface area contributed by atoms with E-state index in [1.165, 1.54) is 61.7 Å². The summed E-state index contributed by atoms with van der Waals surface area (Å²) in [5.41, 5.74) is 0.142. The van der Waals surface area contributed by atoms with Gasteiger partial charge in [-0.1, -0.05) is 12.1 Å². The van der Waals surface area contributed by atoms with E-state index in [0.29, 0.717) is 5.69 Å². The molecular weight excluding hydrogens is 412 g/mol. The third-order valence-corrected chi connectivity index (χ3v) is 5.28. The van der Waals surface area contributed by atoms with E-state index >= 15 is 0 Å². The molecule has 10 nitrogen and oxygen atoms in total. The highest BCUT2D eigenvalue weighted by Crippen LogP contribution is 2.19. The molecule has 3 rings (SSSR count). The van der Waals surface area contributed by atoms with Crippen LogP contribution in [0.15, 0.2) is 65.6 Å². The predicted molar refractivity (Wildman–Crippen MR) is 107 cm³/mol. The number of rotatable bonds is 7. The molecule has 1 heterocycles. The Kier molecular flexibility index (Phi) is 5.93. The molecule has 2 aromatic carbocycles. The molecule has 0 aliphatic carbocycles. The Morgan fingerprint density at radius 2 is 1.60 bits per heavy atom. The minimum absolute atomic E-state index is 0.0125. The SMILES string of the molecule is COc1ccc(NS(=O)(=O)c2ccc(NC(=O)c3ccccc3C(=O)O)cc2)nn1. The van der Waals surface area contributed by atoms with Crippen LogP contribution in [0.3, 0.4) is 0 Å². The molecule has 154 valence electrons. The zero-order chi connectivity index (χ0) is 21.7. The summed E-state index contributed by atoms with van der Waals surface area (Å²) in [7, 11) is -2.52. The fraction of sp³-hybridized carbons (Fsp3) is 0.0526. The van der Waals surface area contributed by atoms with Crippen LogP contribution in [0.4, 0.5) is 11.5 Å². The first-order chi connectivity index (χ1) is 14.3. The second kappa shape index (κ2) is 8.57. The van der Waals surface area contributed by atoms with Gasteiger partial charge in [0.1, 0.15) is 0 Å². The molecule has 3 N–H and O–H groups in total. The molecule has 1 aromatic heterocycles. The largest absolute Gasteiger partial charge is 0.480 e. The van der Waals surface area contributed by atoms with Crippen molar-refractivity contribution >= 4 is 33.4 Å². The van der Waals surface area contributed by atoms with E-state index in [1.54, 1.807) is 6.07 Å². The molecule has 0 aliphatic heterocycles. The van der Waals surface area contributed by atoms with Gasteiger partial charge in [-0.25, -0.2) is 13.2 Å². The van der Waals surface area contributed by atoms with E-state index in [1.807, 2.05) is 0 Å². The van der Waals surface area contributed by atoms with Crippen molar-refractivity contribution in [3.8, 4) is 5.88 Å². The number of carboxylic acid groups (broad SMARTS) is 1. The van der Waals surface area contributed by atoms with Crippen molar-refractivity contribution in [2.24, 2.45) is 0 Å². The Hall–Kier alpha value is -3.99. The van der Waals surface area contributed by atoms with Crippen LogP contribution in [-0.2, 0) is 10.0 Å². The monoisotopic (exact) mass is 428 g/mol. The Morgan fingerprint density at radius 3 is 2.17 bits per heavy atom. The maximum atomic E-state index is 12.5. The average molecular weight is 428 g/mol. The lowest BCUT2D eigenvalue weighted by molar-refractivity contribution is 0.0692. The highest BCUT2D eigenvalue weighted by molar-refractivity contribution is 7.92. The molecule has 0 aliphatic rings. The Balaban J connectivity index is 1.74. The first-order valence-electron chi connectivity index (χ1n) is 8.44. The van der Waals surface area contributed by atoms with Crippen LogP contribution in [0.25, 0.3) is 0 Å². The van der Waals surface area contributed by atoms with Gasteiger partial charge in [0.15, 0.2) is 5.82 Å². The molecule has 0 spiro atoms. The molecule has 0 saturated carbocycles. The van der Waals surface area contributed by atoms with Gasteiger partial charge in [-0.15, -0.1) is 10.2 Å². The van der Waals surface area contributed by atoms with E-state index < -0.39 is 21.9 Å². The Labute approximate surface area is 171 Å². The number of methoxy groups -OCH3 is 1. The second-order valence-electron chi connectivity index (χ2n) is 5.90. The van der Waals surface area contributed by atoms with Gasteiger partial charge in [0.2, 0.25) is 5.88 Å². The molecule has 0 saturated heterocycles. The van der Waals surface area contributed by atoms with E-state index in [4.69, 9.17) is 4.74 Å². The van der Waals surface area contributed by atoms with Crippen LogP contribution < -0.4 is 14.8 Å². The summed E-state index contributed by atoms with van der Waals surface area (Å²) in [4.78, 5) is 23.6. The van der Waals surface area contributed by atoms with Crippen molar-refractivity contribution in [1.29, 1.82) is 0 Å². The highest BCUT2D eigenvalue weighted by Gasteiger charge is 2.18. The third kappa shape index (κ3) is 4.70. The van der Waals surface area contributed by atoms with Crippen LogP contribution in [0, 0.1) is 0 Å². The van der Waals surface area contributed by atoms with Crippen LogP contribution in [0.5, 0.6) is 5.88 Å². The van der Waals surface area contributed by atoms with Gasteiger partial charge in [0, 0.05) is 11.8 Å². The molecule has 1 amide bonds. The molecule has 0 radical (unpaired) electrons. The lowest BCUT2D eigenvalue weighted by atomic mass is 10.1. The molecular formula is C19H16N4O6S. The first kappa shape index (κ1) is 20.7. The van der Waals surface area contributed by atoms with Crippen LogP contribution in [-0.4, -0.2) is 42.7 Å². The Morgan fingerprint density at radius 1 is 0.933 bits per heavy atom. The van der Waals surface area contributed by atoms with Crippen molar-refractivity contribution in [2.75, 3.05) is 17.1 Å². The maximum Gasteiger partial charge on any atom is 0.336 e. The summed E-state index contributed by atoms with van der Waals surface area (Å²) in [5.74, 6) is -1.61. The minimum Gasteiger partial charge on any atom is -0.480 e. The number of sulfonamides is 1. The average Bonchev–Trinajstić information content (AvgIpc) is 2.74. The van der Waals surface area contributed by atoms with Gasteiger partial charge in [-0.05, 0) is 42.5 Å². The fourth-order valence-electron chi connectivity index (χ4n) is 2.46. The smallest absolute Gasteiger partial charge is 0.336 e. The summed E-state index contributed by atoms with van der Waals surface area (Å²) < 4.78 is 32.1. The second-order valence-corrected chi connectivity index (χ2v) is 7.58. The van der Waals surface area contributed by atoms with E-state index in [-0.39, 0.29) is 27.7 Å². The predicted octanol–water partition coefficient (Wildman–Crippen LogP) is 2.24. The number of benzene rings is 2. The van der Waals surface area contributed by atoms with Crippen molar-refractivity contribution in [1.82, 2.24) is 10.2 Å². The molecule has 11 heteroatoms. The summed E-state index contributed by atoms with van der Waals surface area (Å²) in [6, 6.07) is 14.0. The van der Waals surface area contributed by atoms with Gasteiger partial charge in [-0.3, -0.25) is 9.52 Å².